The van der Waals surface area contributed by atoms with Crippen LogP contribution in [-0.2, 0) is 13.5 Å². The van der Waals surface area contributed by atoms with Crippen LogP contribution in [0.2, 0.25) is 5.15 Å². The Bertz CT molecular complexity index is 1280. The summed E-state index contributed by atoms with van der Waals surface area (Å²) in [4.78, 5) is 17.4. The van der Waals surface area contributed by atoms with E-state index in [2.05, 4.69) is 50.5 Å². The van der Waals surface area contributed by atoms with Gasteiger partial charge in [0.05, 0.1) is 16.5 Å². The van der Waals surface area contributed by atoms with Gasteiger partial charge in [-0.05, 0) is 47.8 Å². The number of anilines is 2. The zero-order valence-corrected chi connectivity index (χ0v) is 19.9. The lowest BCUT2D eigenvalue weighted by Crippen LogP contribution is -2.47. The molecule has 7 nitrogen and oxygen atoms in total. The molecule has 1 amide bonds. The largest absolute Gasteiger partial charge is 0.353 e. The minimum atomic E-state index is -0.254. The van der Waals surface area contributed by atoms with Crippen molar-refractivity contribution >= 4 is 50.6 Å². The highest BCUT2D eigenvalue weighted by Gasteiger charge is 2.20. The van der Waals surface area contributed by atoms with Crippen LogP contribution < -0.4 is 10.2 Å². The van der Waals surface area contributed by atoms with Gasteiger partial charge in [-0.15, -0.1) is 0 Å². The lowest BCUT2D eigenvalue weighted by molar-refractivity contribution is 0.102. The Morgan fingerprint density at radius 3 is 2.73 bits per heavy atom. The zero-order valence-electron chi connectivity index (χ0n) is 18.4. The second kappa shape index (κ2) is 9.51. The summed E-state index contributed by atoms with van der Waals surface area (Å²) in [6.07, 6.45) is 2.41. The minimum Gasteiger partial charge on any atom is -0.353 e. The van der Waals surface area contributed by atoms with Crippen LogP contribution in [0.5, 0.6) is 0 Å². The average molecular weight is 481 g/mol. The number of fused-ring (bicyclic) bond motifs is 1. The maximum absolute atomic E-state index is 12.5. The minimum absolute atomic E-state index is 0.254. The van der Waals surface area contributed by atoms with Crippen LogP contribution in [0.25, 0.3) is 10.1 Å². The predicted octanol–water partition coefficient (Wildman–Crippen LogP) is 4.30. The van der Waals surface area contributed by atoms with E-state index in [9.17, 15) is 4.79 Å². The van der Waals surface area contributed by atoms with Crippen molar-refractivity contribution < 1.29 is 4.79 Å². The maximum atomic E-state index is 12.5. The molecule has 1 fully saturated rings. The molecule has 3 heterocycles. The van der Waals surface area contributed by atoms with E-state index in [1.807, 2.05) is 18.2 Å². The number of hydrogen-bond donors (Lipinski definition) is 1. The number of hydrogen-bond acceptors (Lipinski definition) is 6. The topological polar surface area (TPSA) is 66.3 Å². The third-order valence-electron chi connectivity index (χ3n) is 6.04. The molecular formula is C24H25ClN6OS. The van der Waals surface area contributed by atoms with Crippen LogP contribution in [0.1, 0.15) is 15.9 Å². The highest BCUT2D eigenvalue weighted by atomic mass is 35.5. The molecule has 0 saturated carbocycles. The van der Waals surface area contributed by atoms with E-state index in [0.717, 1.165) is 50.6 Å². The lowest BCUT2D eigenvalue weighted by Gasteiger charge is -2.35. The first-order valence-corrected chi connectivity index (χ1v) is 12.1. The Morgan fingerprint density at radius 1 is 1.12 bits per heavy atom. The summed E-state index contributed by atoms with van der Waals surface area (Å²) in [6, 6.07) is 16.4. The molecule has 1 aliphatic rings. The number of nitrogens with zero attached hydrogens (tertiary/aromatic N) is 5. The summed E-state index contributed by atoms with van der Waals surface area (Å²) in [5.74, 6) is 0.864. The van der Waals surface area contributed by atoms with Gasteiger partial charge in [0.1, 0.15) is 11.0 Å². The molecule has 0 atom stereocenters. The van der Waals surface area contributed by atoms with Crippen molar-refractivity contribution in [2.75, 3.05) is 42.9 Å². The van der Waals surface area contributed by atoms with Crippen molar-refractivity contribution in [2.45, 2.75) is 6.42 Å². The van der Waals surface area contributed by atoms with Crippen LogP contribution >= 0.6 is 23.1 Å². The van der Waals surface area contributed by atoms with Gasteiger partial charge in [-0.25, -0.2) is 0 Å². The van der Waals surface area contributed by atoms with Gasteiger partial charge < -0.3 is 10.2 Å². The van der Waals surface area contributed by atoms with Gasteiger partial charge in [0.2, 0.25) is 0 Å². The second-order valence-electron chi connectivity index (χ2n) is 8.21. The van der Waals surface area contributed by atoms with Gasteiger partial charge in [0.15, 0.2) is 0 Å². The first kappa shape index (κ1) is 21.9. The molecule has 170 valence electrons. The quantitative estimate of drug-likeness (QED) is 0.445. The van der Waals surface area contributed by atoms with Crippen molar-refractivity contribution in [3.05, 3.63) is 71.0 Å². The summed E-state index contributed by atoms with van der Waals surface area (Å²) < 4.78 is 7.42. The van der Waals surface area contributed by atoms with Crippen LogP contribution in [0.3, 0.4) is 0 Å². The summed E-state index contributed by atoms with van der Waals surface area (Å²) >= 11 is 7.71. The maximum Gasteiger partial charge on any atom is 0.260 e. The molecule has 2 aromatic carbocycles. The van der Waals surface area contributed by atoms with E-state index in [4.69, 9.17) is 16.0 Å². The van der Waals surface area contributed by atoms with Crippen LogP contribution in [0.15, 0.2) is 54.7 Å². The molecular weight excluding hydrogens is 456 g/mol. The molecule has 1 aliphatic heterocycles. The third-order valence-corrected chi connectivity index (χ3v) is 7.31. The summed E-state index contributed by atoms with van der Waals surface area (Å²) in [5, 5.41) is 8.53. The highest BCUT2D eigenvalue weighted by molar-refractivity contribution is 7.13. The number of carbonyl (C=O) groups excluding carboxylic acids is 1. The van der Waals surface area contributed by atoms with Crippen molar-refractivity contribution in [3.63, 3.8) is 0 Å². The number of nitrogens with one attached hydrogen (secondary N) is 1. The van der Waals surface area contributed by atoms with E-state index >= 15 is 0 Å². The van der Waals surface area contributed by atoms with Gasteiger partial charge in [0.25, 0.3) is 5.91 Å². The monoisotopic (exact) mass is 480 g/mol. The highest BCUT2D eigenvalue weighted by Crippen LogP contribution is 2.29. The van der Waals surface area contributed by atoms with Gasteiger partial charge in [-0.3, -0.25) is 14.4 Å². The van der Waals surface area contributed by atoms with Crippen molar-refractivity contribution in [1.29, 1.82) is 0 Å². The molecule has 0 radical (unpaired) electrons. The van der Waals surface area contributed by atoms with E-state index in [1.54, 1.807) is 18.6 Å². The Labute approximate surface area is 201 Å². The van der Waals surface area contributed by atoms with Crippen molar-refractivity contribution in [3.8, 4) is 0 Å². The third kappa shape index (κ3) is 4.73. The molecule has 0 spiro atoms. The van der Waals surface area contributed by atoms with Crippen LogP contribution in [-0.4, -0.2) is 57.7 Å². The van der Waals surface area contributed by atoms with Crippen LogP contribution in [0.4, 0.5) is 11.5 Å². The number of carbonyl (C=O) groups is 1. The molecule has 0 aliphatic carbocycles. The fourth-order valence-corrected chi connectivity index (χ4v) is 5.12. The Morgan fingerprint density at radius 2 is 1.94 bits per heavy atom. The van der Waals surface area contributed by atoms with E-state index in [-0.39, 0.29) is 5.91 Å². The van der Waals surface area contributed by atoms with Gasteiger partial charge in [-0.1, -0.05) is 35.9 Å². The number of aryl methyl sites for hydroxylation is 1. The fraction of sp³-hybridized carbons (Fsp3) is 0.292. The lowest BCUT2D eigenvalue weighted by atomic mass is 10.1. The standard InChI is InChI=1S/C24H25ClN6OS/c1-29-22(25)20(16-26-29)24(32)27-18-6-4-5-17(15-18)9-10-30-11-13-31(14-12-30)23-19-7-2-3-8-21(19)33-28-23/h2-8,15-16H,9-14H2,1H3,(H,27,32). The molecule has 33 heavy (non-hydrogen) atoms. The molecule has 4 aromatic rings. The molecule has 9 heteroatoms. The van der Waals surface area contributed by atoms with Crippen molar-refractivity contribution in [1.82, 2.24) is 19.1 Å². The molecule has 1 saturated heterocycles. The zero-order chi connectivity index (χ0) is 22.8. The number of piperazine rings is 1. The predicted molar refractivity (Wildman–Crippen MR) is 135 cm³/mol. The average Bonchev–Trinajstić information content (AvgIpc) is 3.42. The molecule has 2 aromatic heterocycles. The van der Waals surface area contributed by atoms with Crippen molar-refractivity contribution in [2.24, 2.45) is 7.05 Å². The van der Waals surface area contributed by atoms with Gasteiger partial charge in [-0.2, -0.15) is 9.47 Å². The van der Waals surface area contributed by atoms with E-state index in [1.165, 1.54) is 26.5 Å². The first-order valence-electron chi connectivity index (χ1n) is 11.0. The smallest absolute Gasteiger partial charge is 0.260 e. The SMILES string of the molecule is Cn1ncc(C(=O)Nc2cccc(CCN3CCN(c4nsc5ccccc45)CC3)c2)c1Cl. The molecule has 0 unspecified atom stereocenters. The number of benzene rings is 2. The molecule has 0 bridgehead atoms. The fourth-order valence-electron chi connectivity index (χ4n) is 4.15. The number of amides is 1. The molecule has 5 rings (SSSR count). The summed E-state index contributed by atoms with van der Waals surface area (Å²) in [6.45, 7) is 4.98. The summed E-state index contributed by atoms with van der Waals surface area (Å²) in [5.41, 5.74) is 2.32. The van der Waals surface area contributed by atoms with E-state index in [0.29, 0.717) is 10.7 Å². The van der Waals surface area contributed by atoms with Gasteiger partial charge >= 0.3 is 0 Å². The van der Waals surface area contributed by atoms with Gasteiger partial charge in [0, 0.05) is 50.8 Å². The summed E-state index contributed by atoms with van der Waals surface area (Å²) in [7, 11) is 1.71. The number of aromatic nitrogens is 3. The number of rotatable bonds is 6. The van der Waals surface area contributed by atoms with Crippen LogP contribution in [0, 0.1) is 0 Å². The number of halogens is 1. The Hall–Kier alpha value is -2.94. The Kier molecular flexibility index (Phi) is 6.30. The molecule has 1 N–H and O–H groups in total. The van der Waals surface area contributed by atoms with E-state index < -0.39 is 0 Å². The first-order chi connectivity index (χ1) is 16.1. The Balaban J connectivity index is 1.15. The normalized spacial score (nSPS) is 14.7. The second-order valence-corrected chi connectivity index (χ2v) is 9.37.